The van der Waals surface area contributed by atoms with E-state index in [1.54, 1.807) is 37.3 Å². The minimum absolute atomic E-state index is 0.0207. The number of halogens is 1. The lowest BCUT2D eigenvalue weighted by atomic mass is 10.0. The molecular weight excluding hydrogens is 402 g/mol. The third-order valence-corrected chi connectivity index (χ3v) is 4.41. The van der Waals surface area contributed by atoms with Crippen LogP contribution in [0.4, 0.5) is 17.2 Å². The minimum Gasteiger partial charge on any atom is -0.306 e. The van der Waals surface area contributed by atoms with Gasteiger partial charge in [-0.05, 0) is 38.1 Å². The van der Waals surface area contributed by atoms with Crippen LogP contribution in [0.2, 0.25) is 5.02 Å². The van der Waals surface area contributed by atoms with E-state index in [1.165, 1.54) is 11.6 Å². The van der Waals surface area contributed by atoms with Crippen molar-refractivity contribution >= 4 is 34.7 Å². The molecule has 2 aromatic carbocycles. The molecule has 0 aliphatic rings. The smallest absolute Gasteiger partial charge is 0.279 e. The second kappa shape index (κ2) is 7.68. The van der Waals surface area contributed by atoms with Gasteiger partial charge in [0.25, 0.3) is 17.3 Å². The molecule has 0 atom stereocenters. The molecule has 148 valence electrons. The van der Waals surface area contributed by atoms with Gasteiger partial charge in [-0.3, -0.25) is 25.0 Å². The van der Waals surface area contributed by atoms with E-state index in [1.807, 2.05) is 0 Å². The summed E-state index contributed by atoms with van der Waals surface area (Å²) >= 11 is 5.90. The van der Waals surface area contributed by atoms with Gasteiger partial charge in [0.1, 0.15) is 5.82 Å². The SMILES string of the molecule is Cc1cc(NC(=O)c2cc([N+](=O)[O-])cc([N+](=O)[O-])c2C)n(-c2ccc(Cl)cc2)n1. The average molecular weight is 416 g/mol. The van der Waals surface area contributed by atoms with E-state index >= 15 is 0 Å². The van der Waals surface area contributed by atoms with E-state index in [0.717, 1.165) is 12.1 Å². The van der Waals surface area contributed by atoms with Gasteiger partial charge in [-0.15, -0.1) is 0 Å². The monoisotopic (exact) mass is 415 g/mol. The molecule has 10 nitrogen and oxygen atoms in total. The highest BCUT2D eigenvalue weighted by Crippen LogP contribution is 2.29. The van der Waals surface area contributed by atoms with Gasteiger partial charge in [0.05, 0.1) is 32.9 Å². The fourth-order valence-corrected chi connectivity index (χ4v) is 2.89. The second-order valence-electron chi connectivity index (χ2n) is 6.16. The fraction of sp³-hybridized carbons (Fsp3) is 0.111. The van der Waals surface area contributed by atoms with Crippen LogP contribution in [0.3, 0.4) is 0 Å². The number of benzene rings is 2. The maximum Gasteiger partial charge on any atom is 0.279 e. The number of nitrogens with one attached hydrogen (secondary N) is 1. The average Bonchev–Trinajstić information content (AvgIpc) is 3.02. The zero-order valence-electron chi connectivity index (χ0n) is 15.2. The van der Waals surface area contributed by atoms with E-state index in [-0.39, 0.29) is 11.1 Å². The van der Waals surface area contributed by atoms with E-state index in [4.69, 9.17) is 11.6 Å². The number of hydrogen-bond donors (Lipinski definition) is 1. The Hall–Kier alpha value is -3.79. The number of amides is 1. The molecule has 0 unspecified atom stereocenters. The van der Waals surface area contributed by atoms with Crippen molar-refractivity contribution in [2.24, 2.45) is 0 Å². The van der Waals surface area contributed by atoms with Gasteiger partial charge in [0.15, 0.2) is 0 Å². The van der Waals surface area contributed by atoms with E-state index in [9.17, 15) is 25.0 Å². The molecule has 1 N–H and O–H groups in total. The maximum absolute atomic E-state index is 12.8. The lowest BCUT2D eigenvalue weighted by molar-refractivity contribution is -0.394. The number of anilines is 1. The third kappa shape index (κ3) is 4.06. The molecule has 11 heteroatoms. The van der Waals surface area contributed by atoms with Gasteiger partial charge in [0.2, 0.25) is 0 Å². The van der Waals surface area contributed by atoms with E-state index in [0.29, 0.717) is 22.2 Å². The number of aromatic nitrogens is 2. The Balaban J connectivity index is 2.03. The van der Waals surface area contributed by atoms with Crippen molar-refractivity contribution in [2.45, 2.75) is 13.8 Å². The summed E-state index contributed by atoms with van der Waals surface area (Å²) in [6.45, 7) is 3.09. The number of hydrogen-bond acceptors (Lipinski definition) is 6. The summed E-state index contributed by atoms with van der Waals surface area (Å²) in [5.74, 6) is -0.437. The highest BCUT2D eigenvalue weighted by atomic mass is 35.5. The summed E-state index contributed by atoms with van der Waals surface area (Å²) in [7, 11) is 0. The molecule has 29 heavy (non-hydrogen) atoms. The number of nitrogens with zero attached hydrogens (tertiary/aromatic N) is 4. The lowest BCUT2D eigenvalue weighted by Gasteiger charge is -2.10. The van der Waals surface area contributed by atoms with Crippen LogP contribution in [0.1, 0.15) is 21.6 Å². The number of nitro groups is 2. The predicted octanol–water partition coefficient (Wildman–Crippen LogP) is 4.21. The summed E-state index contributed by atoms with van der Waals surface area (Å²) in [5.41, 5.74) is 0.0258. The van der Waals surface area contributed by atoms with Gasteiger partial charge < -0.3 is 5.32 Å². The summed E-state index contributed by atoms with van der Waals surface area (Å²) in [5, 5.41) is 29.8. The third-order valence-electron chi connectivity index (χ3n) is 4.16. The lowest BCUT2D eigenvalue weighted by Crippen LogP contribution is -2.17. The van der Waals surface area contributed by atoms with Gasteiger partial charge in [0, 0.05) is 22.7 Å². The van der Waals surface area contributed by atoms with Crippen molar-refractivity contribution in [2.75, 3.05) is 5.32 Å². The van der Waals surface area contributed by atoms with Crippen molar-refractivity contribution in [1.82, 2.24) is 9.78 Å². The van der Waals surface area contributed by atoms with Crippen LogP contribution in [0.15, 0.2) is 42.5 Å². The van der Waals surface area contributed by atoms with Crippen LogP contribution >= 0.6 is 11.6 Å². The molecule has 0 saturated heterocycles. The maximum atomic E-state index is 12.8. The highest BCUT2D eigenvalue weighted by molar-refractivity contribution is 6.30. The predicted molar refractivity (Wildman–Crippen MR) is 106 cm³/mol. The molecule has 1 aromatic heterocycles. The summed E-state index contributed by atoms with van der Waals surface area (Å²) in [4.78, 5) is 33.6. The van der Waals surface area contributed by atoms with Crippen molar-refractivity contribution in [3.63, 3.8) is 0 Å². The standard InChI is InChI=1S/C18H14ClN5O5/c1-10-7-17(22(21-10)13-5-3-12(19)4-6-13)20-18(25)15-8-14(23(26)27)9-16(11(15)2)24(28)29/h3-9H,1-2H3,(H,20,25). The first-order valence-electron chi connectivity index (χ1n) is 8.24. The molecule has 0 radical (unpaired) electrons. The van der Waals surface area contributed by atoms with Crippen LogP contribution < -0.4 is 5.32 Å². The number of rotatable bonds is 5. The van der Waals surface area contributed by atoms with Crippen molar-refractivity contribution < 1.29 is 14.6 Å². The van der Waals surface area contributed by atoms with E-state index in [2.05, 4.69) is 10.4 Å². The van der Waals surface area contributed by atoms with Gasteiger partial charge >= 0.3 is 0 Å². The highest BCUT2D eigenvalue weighted by Gasteiger charge is 2.25. The number of carbonyl (C=O) groups is 1. The largest absolute Gasteiger partial charge is 0.306 e. The molecule has 0 aliphatic carbocycles. The van der Waals surface area contributed by atoms with Crippen LogP contribution in [-0.4, -0.2) is 25.5 Å². The number of aryl methyl sites for hydroxylation is 1. The second-order valence-corrected chi connectivity index (χ2v) is 6.60. The molecule has 1 amide bonds. The Bertz CT molecular complexity index is 1140. The van der Waals surface area contributed by atoms with Crippen LogP contribution in [0, 0.1) is 34.1 Å². The number of carbonyl (C=O) groups excluding carboxylic acids is 1. The number of nitro benzene ring substituents is 2. The van der Waals surface area contributed by atoms with E-state index < -0.39 is 27.1 Å². The van der Waals surface area contributed by atoms with Gasteiger partial charge in [-0.25, -0.2) is 4.68 Å². The number of non-ortho nitro benzene ring substituents is 1. The Labute approximate surface area is 169 Å². The first-order chi connectivity index (χ1) is 13.7. The molecule has 0 spiro atoms. The zero-order valence-corrected chi connectivity index (χ0v) is 16.0. The molecule has 0 aliphatic heterocycles. The van der Waals surface area contributed by atoms with Crippen LogP contribution in [0.25, 0.3) is 5.69 Å². The molecule has 0 bridgehead atoms. The molecule has 0 fully saturated rings. The van der Waals surface area contributed by atoms with Crippen molar-refractivity contribution in [3.05, 3.63) is 84.5 Å². The van der Waals surface area contributed by atoms with Crippen LogP contribution in [-0.2, 0) is 0 Å². The summed E-state index contributed by atoms with van der Waals surface area (Å²) < 4.78 is 1.46. The first-order valence-corrected chi connectivity index (χ1v) is 8.62. The quantitative estimate of drug-likeness (QED) is 0.490. The fourth-order valence-electron chi connectivity index (χ4n) is 2.77. The Morgan fingerprint density at radius 1 is 1.07 bits per heavy atom. The molecular formula is C18H14ClN5O5. The molecule has 3 rings (SSSR count). The Morgan fingerprint density at radius 3 is 2.31 bits per heavy atom. The summed E-state index contributed by atoms with van der Waals surface area (Å²) in [6.07, 6.45) is 0. The Morgan fingerprint density at radius 2 is 1.72 bits per heavy atom. The molecule has 1 heterocycles. The Kier molecular flexibility index (Phi) is 5.29. The summed E-state index contributed by atoms with van der Waals surface area (Å²) in [6, 6.07) is 10.2. The normalized spacial score (nSPS) is 10.6. The van der Waals surface area contributed by atoms with Crippen molar-refractivity contribution in [1.29, 1.82) is 0 Å². The molecule has 3 aromatic rings. The van der Waals surface area contributed by atoms with Crippen LogP contribution in [0.5, 0.6) is 0 Å². The topological polar surface area (TPSA) is 133 Å². The first kappa shape index (κ1) is 20.0. The van der Waals surface area contributed by atoms with Gasteiger partial charge in [-0.1, -0.05) is 11.6 Å². The molecule has 0 saturated carbocycles. The van der Waals surface area contributed by atoms with Gasteiger partial charge in [-0.2, -0.15) is 5.10 Å². The zero-order chi connectivity index (χ0) is 21.3. The van der Waals surface area contributed by atoms with Crippen molar-refractivity contribution in [3.8, 4) is 5.69 Å². The minimum atomic E-state index is -0.786.